The number of carbonyl (C=O) groups is 1. The summed E-state index contributed by atoms with van der Waals surface area (Å²) in [5.74, 6) is 0.233. The maximum Gasteiger partial charge on any atom is 0.241 e. The van der Waals surface area contributed by atoms with Crippen molar-refractivity contribution in [3.8, 4) is 5.75 Å². The smallest absolute Gasteiger partial charge is 0.241 e. The molecule has 18 heavy (non-hydrogen) atoms. The lowest BCUT2D eigenvalue weighted by atomic mass is 10.2. The van der Waals surface area contributed by atoms with Gasteiger partial charge in [-0.3, -0.25) is 4.79 Å². The molecule has 1 amide bonds. The number of phenolic OH excluding ortho intramolecular Hbond substituents is 1. The van der Waals surface area contributed by atoms with E-state index >= 15 is 0 Å². The molecule has 7 heteroatoms. The second-order valence-electron chi connectivity index (χ2n) is 3.47. The van der Waals surface area contributed by atoms with Gasteiger partial charge in [-0.2, -0.15) is 0 Å². The van der Waals surface area contributed by atoms with Crippen LogP contribution in [0.2, 0.25) is 0 Å². The SMILES string of the molecule is CC(=O)Nc1nonc1N=Cc1ccc(O)cc1. The van der Waals surface area contributed by atoms with E-state index in [9.17, 15) is 4.79 Å². The van der Waals surface area contributed by atoms with E-state index in [0.29, 0.717) is 0 Å². The summed E-state index contributed by atoms with van der Waals surface area (Å²) < 4.78 is 4.49. The number of carbonyl (C=O) groups excluding carboxylic acids is 1. The number of aliphatic imine (C=N–C) groups is 1. The summed E-state index contributed by atoms with van der Waals surface area (Å²) in [5, 5.41) is 18.6. The van der Waals surface area contributed by atoms with E-state index in [1.807, 2.05) is 0 Å². The van der Waals surface area contributed by atoms with Crippen LogP contribution in [0.15, 0.2) is 33.9 Å². The predicted octanol–water partition coefficient (Wildman–Crippen LogP) is 1.48. The third-order valence-electron chi connectivity index (χ3n) is 1.99. The summed E-state index contributed by atoms with van der Waals surface area (Å²) in [4.78, 5) is 14.9. The van der Waals surface area contributed by atoms with E-state index in [1.54, 1.807) is 12.1 Å². The molecule has 0 aliphatic heterocycles. The summed E-state index contributed by atoms with van der Waals surface area (Å²) >= 11 is 0. The molecule has 0 radical (unpaired) electrons. The Balaban J connectivity index is 2.16. The van der Waals surface area contributed by atoms with Crippen LogP contribution in [0, 0.1) is 0 Å². The number of rotatable bonds is 3. The molecule has 1 aromatic heterocycles. The standard InChI is InChI=1S/C11H10N4O3/c1-7(16)13-11-10(14-18-15-11)12-6-8-2-4-9(17)5-3-8/h2-6,17H,1H3,(H,13,15,16). The Morgan fingerprint density at radius 3 is 2.78 bits per heavy atom. The van der Waals surface area contributed by atoms with Crippen LogP contribution < -0.4 is 5.32 Å². The van der Waals surface area contributed by atoms with Gasteiger partial charge in [0.05, 0.1) is 0 Å². The minimum Gasteiger partial charge on any atom is -0.508 e. The van der Waals surface area contributed by atoms with E-state index in [0.717, 1.165) is 5.56 Å². The Labute approximate surface area is 102 Å². The first-order chi connectivity index (χ1) is 8.65. The number of amides is 1. The number of nitrogens with one attached hydrogen (secondary N) is 1. The summed E-state index contributed by atoms with van der Waals surface area (Å²) in [6.07, 6.45) is 1.52. The van der Waals surface area contributed by atoms with Gasteiger partial charge in [0.15, 0.2) is 0 Å². The first-order valence-corrected chi connectivity index (χ1v) is 5.08. The fraction of sp³-hybridized carbons (Fsp3) is 0.0909. The van der Waals surface area contributed by atoms with Gasteiger partial charge in [0.2, 0.25) is 17.5 Å². The number of hydrogen-bond acceptors (Lipinski definition) is 6. The molecule has 1 heterocycles. The fourth-order valence-corrected chi connectivity index (χ4v) is 1.21. The van der Waals surface area contributed by atoms with Crippen LogP contribution in [0.1, 0.15) is 12.5 Å². The van der Waals surface area contributed by atoms with Crippen molar-refractivity contribution < 1.29 is 14.5 Å². The van der Waals surface area contributed by atoms with Crippen molar-refractivity contribution in [2.45, 2.75) is 6.92 Å². The summed E-state index contributed by atoms with van der Waals surface area (Å²) in [7, 11) is 0. The van der Waals surface area contributed by atoms with Gasteiger partial charge in [0.25, 0.3) is 0 Å². The molecule has 0 fully saturated rings. The molecule has 2 aromatic rings. The Hall–Kier alpha value is -2.70. The third-order valence-corrected chi connectivity index (χ3v) is 1.99. The van der Waals surface area contributed by atoms with Crippen LogP contribution in [0.4, 0.5) is 11.6 Å². The second kappa shape index (κ2) is 5.09. The van der Waals surface area contributed by atoms with Crippen molar-refractivity contribution in [2.24, 2.45) is 4.99 Å². The summed E-state index contributed by atoms with van der Waals surface area (Å²) in [5.41, 5.74) is 0.768. The Kier molecular flexibility index (Phi) is 3.33. The molecule has 2 N–H and O–H groups in total. The highest BCUT2D eigenvalue weighted by molar-refractivity contribution is 5.91. The average Bonchev–Trinajstić information content (AvgIpc) is 2.75. The fourth-order valence-electron chi connectivity index (χ4n) is 1.21. The Bertz CT molecular complexity index is 574. The molecular weight excluding hydrogens is 236 g/mol. The van der Waals surface area contributed by atoms with Gasteiger partial charge >= 0.3 is 0 Å². The first-order valence-electron chi connectivity index (χ1n) is 5.08. The predicted molar refractivity (Wildman–Crippen MR) is 64.0 cm³/mol. The van der Waals surface area contributed by atoms with E-state index in [-0.39, 0.29) is 23.3 Å². The quantitative estimate of drug-likeness (QED) is 0.799. The van der Waals surface area contributed by atoms with Gasteiger partial charge in [-0.25, -0.2) is 9.62 Å². The van der Waals surface area contributed by atoms with E-state index in [2.05, 4.69) is 25.3 Å². The molecule has 1 aromatic carbocycles. The largest absolute Gasteiger partial charge is 0.508 e. The number of nitrogens with zero attached hydrogens (tertiary/aromatic N) is 3. The zero-order valence-electron chi connectivity index (χ0n) is 9.49. The molecule has 0 unspecified atom stereocenters. The first kappa shape index (κ1) is 11.8. The molecule has 0 bridgehead atoms. The Morgan fingerprint density at radius 1 is 1.39 bits per heavy atom. The number of hydrogen-bond donors (Lipinski definition) is 2. The van der Waals surface area contributed by atoms with Crippen molar-refractivity contribution in [1.82, 2.24) is 10.3 Å². The van der Waals surface area contributed by atoms with Gasteiger partial charge in [-0.15, -0.1) is 0 Å². The van der Waals surface area contributed by atoms with Gasteiger partial charge in [-0.1, -0.05) is 0 Å². The third kappa shape index (κ3) is 2.91. The van der Waals surface area contributed by atoms with Gasteiger partial charge in [0.1, 0.15) is 5.75 Å². The minimum atomic E-state index is -0.285. The van der Waals surface area contributed by atoms with Crippen LogP contribution in [-0.4, -0.2) is 27.5 Å². The summed E-state index contributed by atoms with van der Waals surface area (Å²) in [6, 6.07) is 6.45. The maximum atomic E-state index is 10.9. The van der Waals surface area contributed by atoms with Crippen molar-refractivity contribution in [1.29, 1.82) is 0 Å². The highest BCUT2D eigenvalue weighted by atomic mass is 16.6. The van der Waals surface area contributed by atoms with Crippen molar-refractivity contribution in [2.75, 3.05) is 5.32 Å². The topological polar surface area (TPSA) is 101 Å². The highest BCUT2D eigenvalue weighted by Crippen LogP contribution is 2.19. The van der Waals surface area contributed by atoms with Crippen molar-refractivity contribution in [3.63, 3.8) is 0 Å². The van der Waals surface area contributed by atoms with Gasteiger partial charge < -0.3 is 10.4 Å². The van der Waals surface area contributed by atoms with Crippen LogP contribution in [0.3, 0.4) is 0 Å². The van der Waals surface area contributed by atoms with Gasteiger partial charge in [-0.05, 0) is 40.1 Å². The lowest BCUT2D eigenvalue weighted by Gasteiger charge is -1.95. The minimum absolute atomic E-state index is 0.164. The molecule has 0 aliphatic rings. The van der Waals surface area contributed by atoms with E-state index in [4.69, 9.17) is 5.11 Å². The number of aromatic hydroxyl groups is 1. The lowest BCUT2D eigenvalue weighted by molar-refractivity contribution is -0.114. The molecular formula is C11H10N4O3. The van der Waals surface area contributed by atoms with Crippen LogP contribution in [0.5, 0.6) is 5.75 Å². The lowest BCUT2D eigenvalue weighted by Crippen LogP contribution is -2.05. The molecule has 0 aliphatic carbocycles. The van der Waals surface area contributed by atoms with E-state index in [1.165, 1.54) is 25.3 Å². The molecule has 0 atom stereocenters. The number of benzene rings is 1. The summed E-state index contributed by atoms with van der Waals surface area (Å²) in [6.45, 7) is 1.35. The molecule has 0 saturated carbocycles. The second-order valence-corrected chi connectivity index (χ2v) is 3.47. The number of phenols is 1. The van der Waals surface area contributed by atoms with E-state index < -0.39 is 0 Å². The monoisotopic (exact) mass is 246 g/mol. The number of aromatic nitrogens is 2. The van der Waals surface area contributed by atoms with Gasteiger partial charge in [0, 0.05) is 13.1 Å². The highest BCUT2D eigenvalue weighted by Gasteiger charge is 2.09. The zero-order chi connectivity index (χ0) is 13.0. The zero-order valence-corrected chi connectivity index (χ0v) is 9.49. The molecule has 0 spiro atoms. The van der Waals surface area contributed by atoms with Crippen molar-refractivity contribution in [3.05, 3.63) is 29.8 Å². The number of anilines is 1. The normalized spacial score (nSPS) is 10.7. The average molecular weight is 246 g/mol. The Morgan fingerprint density at radius 2 is 2.11 bits per heavy atom. The molecule has 2 rings (SSSR count). The van der Waals surface area contributed by atoms with Crippen LogP contribution in [0.25, 0.3) is 0 Å². The van der Waals surface area contributed by atoms with Crippen LogP contribution in [-0.2, 0) is 4.79 Å². The van der Waals surface area contributed by atoms with Crippen molar-refractivity contribution >= 4 is 23.8 Å². The molecule has 7 nitrogen and oxygen atoms in total. The molecule has 0 saturated heterocycles. The maximum absolute atomic E-state index is 10.9. The molecule has 92 valence electrons. The van der Waals surface area contributed by atoms with Crippen LogP contribution >= 0.6 is 0 Å².